The van der Waals surface area contributed by atoms with Crippen LogP contribution in [0.5, 0.6) is 0 Å². The summed E-state index contributed by atoms with van der Waals surface area (Å²) in [5.41, 5.74) is 0.620. The third-order valence-corrected chi connectivity index (χ3v) is 3.45. The summed E-state index contributed by atoms with van der Waals surface area (Å²) in [6.07, 6.45) is 0.639. The number of hydrogen-bond donors (Lipinski definition) is 0. The minimum Gasteiger partial charge on any atom is -0.444 e. The maximum absolute atomic E-state index is 12.0. The average molecular weight is 312 g/mol. The lowest BCUT2D eigenvalue weighted by Crippen LogP contribution is -2.36. The smallest absolute Gasteiger partial charge is 0.410 e. The van der Waals surface area contributed by atoms with Crippen molar-refractivity contribution in [2.45, 2.75) is 45.5 Å². The number of hydrogen-bond acceptors (Lipinski definition) is 3. The number of likely N-dealkylation sites (tertiary alicyclic amines) is 1. The van der Waals surface area contributed by atoms with Crippen molar-refractivity contribution >= 4 is 17.7 Å². The van der Waals surface area contributed by atoms with Crippen molar-refractivity contribution in [1.29, 1.82) is 0 Å². The van der Waals surface area contributed by atoms with Crippen LogP contribution >= 0.6 is 11.6 Å². The van der Waals surface area contributed by atoms with Gasteiger partial charge in [0.05, 0.1) is 19.3 Å². The van der Waals surface area contributed by atoms with E-state index in [4.69, 9.17) is 21.1 Å². The van der Waals surface area contributed by atoms with Crippen LogP contribution in [0.15, 0.2) is 24.3 Å². The molecule has 4 nitrogen and oxygen atoms in total. The SMILES string of the molecule is CC(C)(C)OC(=O)N1CCC(OCc2ccc(Cl)cc2)C1. The number of halogens is 1. The minimum atomic E-state index is -0.459. The van der Waals surface area contributed by atoms with E-state index < -0.39 is 5.60 Å². The first-order valence-corrected chi connectivity index (χ1v) is 7.55. The van der Waals surface area contributed by atoms with Gasteiger partial charge in [0.15, 0.2) is 0 Å². The Morgan fingerprint density at radius 3 is 2.62 bits per heavy atom. The molecule has 1 atom stereocenters. The molecule has 1 unspecified atom stereocenters. The Balaban J connectivity index is 1.77. The van der Waals surface area contributed by atoms with E-state index in [9.17, 15) is 4.79 Å². The van der Waals surface area contributed by atoms with Crippen LogP contribution < -0.4 is 0 Å². The maximum atomic E-state index is 12.0. The van der Waals surface area contributed by atoms with Gasteiger partial charge in [-0.05, 0) is 44.9 Å². The maximum Gasteiger partial charge on any atom is 0.410 e. The predicted octanol–water partition coefficient (Wildman–Crippen LogP) is 3.87. The molecule has 0 aromatic heterocycles. The molecule has 1 aliphatic rings. The van der Waals surface area contributed by atoms with E-state index in [1.54, 1.807) is 4.90 Å². The number of nitrogens with zero attached hydrogens (tertiary/aromatic N) is 1. The van der Waals surface area contributed by atoms with E-state index in [2.05, 4.69) is 0 Å². The van der Waals surface area contributed by atoms with Crippen LogP contribution in [0.3, 0.4) is 0 Å². The zero-order chi connectivity index (χ0) is 15.5. The number of amides is 1. The Kier molecular flexibility index (Phi) is 5.12. The van der Waals surface area contributed by atoms with E-state index in [-0.39, 0.29) is 12.2 Å². The summed E-state index contributed by atoms with van der Waals surface area (Å²) in [6.45, 7) is 7.41. The van der Waals surface area contributed by atoms with Gasteiger partial charge in [0.2, 0.25) is 0 Å². The molecule has 1 fully saturated rings. The lowest BCUT2D eigenvalue weighted by molar-refractivity contribution is 0.0184. The Bertz CT molecular complexity index is 481. The lowest BCUT2D eigenvalue weighted by atomic mass is 10.2. The minimum absolute atomic E-state index is 0.0631. The fourth-order valence-electron chi connectivity index (χ4n) is 2.15. The zero-order valence-electron chi connectivity index (χ0n) is 12.8. The Morgan fingerprint density at radius 2 is 2.00 bits per heavy atom. The van der Waals surface area contributed by atoms with Crippen LogP contribution in [0.2, 0.25) is 5.02 Å². The van der Waals surface area contributed by atoms with Crippen molar-refractivity contribution in [2.24, 2.45) is 0 Å². The second-order valence-electron chi connectivity index (χ2n) is 6.27. The van der Waals surface area contributed by atoms with Crippen molar-refractivity contribution < 1.29 is 14.3 Å². The van der Waals surface area contributed by atoms with Gasteiger partial charge in [0.25, 0.3) is 0 Å². The topological polar surface area (TPSA) is 38.8 Å². The summed E-state index contributed by atoms with van der Waals surface area (Å²) < 4.78 is 11.2. The molecule has 0 aliphatic carbocycles. The quantitative estimate of drug-likeness (QED) is 0.850. The van der Waals surface area contributed by atoms with Crippen molar-refractivity contribution in [1.82, 2.24) is 4.90 Å². The van der Waals surface area contributed by atoms with Crippen molar-refractivity contribution in [2.75, 3.05) is 13.1 Å². The lowest BCUT2D eigenvalue weighted by Gasteiger charge is -2.24. The van der Waals surface area contributed by atoms with Gasteiger partial charge >= 0.3 is 6.09 Å². The highest BCUT2D eigenvalue weighted by molar-refractivity contribution is 6.30. The third-order valence-electron chi connectivity index (χ3n) is 3.20. The fourth-order valence-corrected chi connectivity index (χ4v) is 2.28. The van der Waals surface area contributed by atoms with E-state index in [0.29, 0.717) is 19.7 Å². The molecule has 21 heavy (non-hydrogen) atoms. The molecule has 5 heteroatoms. The largest absolute Gasteiger partial charge is 0.444 e. The highest BCUT2D eigenvalue weighted by atomic mass is 35.5. The molecule has 116 valence electrons. The number of ether oxygens (including phenoxy) is 2. The first-order chi connectivity index (χ1) is 9.83. The van der Waals surface area contributed by atoms with Gasteiger partial charge in [-0.2, -0.15) is 0 Å². The van der Waals surface area contributed by atoms with Crippen LogP contribution in [0.4, 0.5) is 4.79 Å². The van der Waals surface area contributed by atoms with Crippen LogP contribution in [-0.4, -0.2) is 35.8 Å². The summed E-state index contributed by atoms with van der Waals surface area (Å²) in [5, 5.41) is 0.718. The van der Waals surface area contributed by atoms with Crippen LogP contribution in [0.25, 0.3) is 0 Å². The second-order valence-corrected chi connectivity index (χ2v) is 6.71. The highest BCUT2D eigenvalue weighted by Crippen LogP contribution is 2.18. The molecule has 1 aromatic carbocycles. The number of carbonyl (C=O) groups is 1. The van der Waals surface area contributed by atoms with E-state index in [0.717, 1.165) is 17.0 Å². The summed E-state index contributed by atoms with van der Waals surface area (Å²) in [6, 6.07) is 7.59. The molecule has 1 saturated heterocycles. The van der Waals surface area contributed by atoms with Crippen molar-refractivity contribution in [3.63, 3.8) is 0 Å². The Morgan fingerprint density at radius 1 is 1.33 bits per heavy atom. The summed E-state index contributed by atoms with van der Waals surface area (Å²) in [7, 11) is 0. The van der Waals surface area contributed by atoms with Crippen LogP contribution in [0.1, 0.15) is 32.8 Å². The van der Waals surface area contributed by atoms with Gasteiger partial charge in [-0.1, -0.05) is 23.7 Å². The molecular weight excluding hydrogens is 290 g/mol. The van der Waals surface area contributed by atoms with Gasteiger partial charge in [-0.25, -0.2) is 4.79 Å². The monoisotopic (exact) mass is 311 g/mol. The molecule has 0 radical (unpaired) electrons. The Labute approximate surface area is 131 Å². The number of benzene rings is 1. The van der Waals surface area contributed by atoms with Gasteiger partial charge in [-0.3, -0.25) is 0 Å². The molecular formula is C16H22ClNO3. The third kappa shape index (κ3) is 5.21. The summed E-state index contributed by atoms with van der Waals surface area (Å²) in [5.74, 6) is 0. The van der Waals surface area contributed by atoms with E-state index in [1.807, 2.05) is 45.0 Å². The molecule has 0 saturated carbocycles. The molecule has 0 bridgehead atoms. The standard InChI is InChI=1S/C16H22ClNO3/c1-16(2,3)21-15(19)18-9-8-14(10-18)20-11-12-4-6-13(17)7-5-12/h4-7,14H,8-11H2,1-3H3. The number of carbonyl (C=O) groups excluding carboxylic acids is 1. The Hall–Kier alpha value is -1.26. The van der Waals surface area contributed by atoms with E-state index in [1.165, 1.54) is 0 Å². The highest BCUT2D eigenvalue weighted by Gasteiger charge is 2.30. The normalized spacial score (nSPS) is 18.9. The molecule has 1 aliphatic heterocycles. The van der Waals surface area contributed by atoms with E-state index >= 15 is 0 Å². The zero-order valence-corrected chi connectivity index (χ0v) is 13.5. The predicted molar refractivity (Wildman–Crippen MR) is 82.5 cm³/mol. The van der Waals surface area contributed by atoms with Crippen LogP contribution in [-0.2, 0) is 16.1 Å². The number of rotatable bonds is 3. The first kappa shape index (κ1) is 16.1. The molecule has 1 aromatic rings. The molecule has 1 heterocycles. The molecule has 0 N–H and O–H groups in total. The molecule has 0 spiro atoms. The fraction of sp³-hybridized carbons (Fsp3) is 0.562. The average Bonchev–Trinajstić information content (AvgIpc) is 2.85. The van der Waals surface area contributed by atoms with Gasteiger partial charge in [-0.15, -0.1) is 0 Å². The molecule has 1 amide bonds. The van der Waals surface area contributed by atoms with Crippen LogP contribution in [0, 0.1) is 0 Å². The van der Waals surface area contributed by atoms with Gasteiger partial charge < -0.3 is 14.4 Å². The second kappa shape index (κ2) is 6.67. The summed E-state index contributed by atoms with van der Waals surface area (Å²) >= 11 is 5.85. The summed E-state index contributed by atoms with van der Waals surface area (Å²) in [4.78, 5) is 13.7. The molecule has 2 rings (SSSR count). The van der Waals surface area contributed by atoms with Crippen molar-refractivity contribution in [3.05, 3.63) is 34.9 Å². The van der Waals surface area contributed by atoms with Gasteiger partial charge in [0.1, 0.15) is 5.60 Å². The first-order valence-electron chi connectivity index (χ1n) is 7.17. The van der Waals surface area contributed by atoms with Gasteiger partial charge in [0, 0.05) is 11.6 Å². The van der Waals surface area contributed by atoms with Crippen molar-refractivity contribution in [3.8, 4) is 0 Å².